The fourth-order valence-corrected chi connectivity index (χ4v) is 2.19. The molecule has 3 nitrogen and oxygen atoms in total. The number of aliphatic hydroxyl groups excluding tert-OH is 1. The summed E-state index contributed by atoms with van der Waals surface area (Å²) in [6.07, 6.45) is 4.35. The predicted molar refractivity (Wildman–Crippen MR) is 76.7 cm³/mol. The lowest BCUT2D eigenvalue weighted by molar-refractivity contribution is 0.260. The lowest BCUT2D eigenvalue weighted by Crippen LogP contribution is -2.25. The second kappa shape index (κ2) is 7.02. The molecule has 1 unspecified atom stereocenters. The third-order valence-electron chi connectivity index (χ3n) is 3.26. The normalized spacial score (nSPS) is 14.0. The molecule has 1 aromatic carbocycles. The summed E-state index contributed by atoms with van der Waals surface area (Å²) < 4.78 is 0. The van der Waals surface area contributed by atoms with Crippen LogP contribution in [-0.2, 0) is 0 Å². The summed E-state index contributed by atoms with van der Waals surface area (Å²) in [4.78, 5) is 4.14. The summed E-state index contributed by atoms with van der Waals surface area (Å²) in [5.41, 5.74) is 2.36. The third-order valence-corrected chi connectivity index (χ3v) is 3.26. The summed E-state index contributed by atoms with van der Waals surface area (Å²) >= 11 is 0. The lowest BCUT2D eigenvalue weighted by atomic mass is 10.0. The zero-order valence-corrected chi connectivity index (χ0v) is 11.2. The molecular formula is C16H20N2O. The highest BCUT2D eigenvalue weighted by Gasteiger charge is 2.14. The Kier molecular flexibility index (Phi) is 5.07. The Balaban J connectivity index is 2.09. The van der Waals surface area contributed by atoms with E-state index >= 15 is 0 Å². The molecule has 0 aliphatic rings. The molecule has 1 aromatic heterocycles. The van der Waals surface area contributed by atoms with Gasteiger partial charge in [0.15, 0.2) is 0 Å². The van der Waals surface area contributed by atoms with Crippen LogP contribution in [0.4, 0.5) is 0 Å². The molecule has 2 N–H and O–H groups in total. The first-order valence-electron chi connectivity index (χ1n) is 6.63. The van der Waals surface area contributed by atoms with Crippen LogP contribution in [0.1, 0.15) is 36.6 Å². The van der Waals surface area contributed by atoms with Gasteiger partial charge in [-0.1, -0.05) is 36.4 Å². The van der Waals surface area contributed by atoms with Crippen LogP contribution in [0.15, 0.2) is 54.9 Å². The number of nitrogens with zero attached hydrogens (tertiary/aromatic N) is 1. The van der Waals surface area contributed by atoms with E-state index in [-0.39, 0.29) is 18.7 Å². The number of hydrogen-bond donors (Lipinski definition) is 2. The Hall–Kier alpha value is -1.71. The second-order valence-corrected chi connectivity index (χ2v) is 4.65. The van der Waals surface area contributed by atoms with E-state index in [1.807, 2.05) is 30.5 Å². The average Bonchev–Trinajstić information content (AvgIpc) is 2.48. The summed E-state index contributed by atoms with van der Waals surface area (Å²) in [5.74, 6) is 0. The van der Waals surface area contributed by atoms with Crippen LogP contribution in [0.2, 0.25) is 0 Å². The topological polar surface area (TPSA) is 45.1 Å². The van der Waals surface area contributed by atoms with Crippen LogP contribution in [0.25, 0.3) is 0 Å². The summed E-state index contributed by atoms with van der Waals surface area (Å²) in [6, 6.07) is 14.6. The maximum atomic E-state index is 9.23. The number of aromatic nitrogens is 1. The molecule has 0 aliphatic heterocycles. The monoisotopic (exact) mass is 256 g/mol. The van der Waals surface area contributed by atoms with Gasteiger partial charge in [0.05, 0.1) is 0 Å². The minimum absolute atomic E-state index is 0.154. The molecule has 0 saturated heterocycles. The first-order valence-corrected chi connectivity index (χ1v) is 6.63. The number of rotatable bonds is 6. The minimum atomic E-state index is 0.154. The smallest absolute Gasteiger partial charge is 0.0449 e. The van der Waals surface area contributed by atoms with Crippen molar-refractivity contribution in [3.05, 3.63) is 66.0 Å². The minimum Gasteiger partial charge on any atom is -0.396 e. The van der Waals surface area contributed by atoms with Crippen molar-refractivity contribution in [3.8, 4) is 0 Å². The van der Waals surface area contributed by atoms with E-state index < -0.39 is 0 Å². The molecular weight excluding hydrogens is 236 g/mol. The Morgan fingerprint density at radius 2 is 1.84 bits per heavy atom. The molecule has 2 aromatic rings. The first kappa shape index (κ1) is 13.7. The van der Waals surface area contributed by atoms with Crippen molar-refractivity contribution in [1.29, 1.82) is 0 Å². The molecule has 19 heavy (non-hydrogen) atoms. The fourth-order valence-electron chi connectivity index (χ4n) is 2.19. The van der Waals surface area contributed by atoms with E-state index in [1.165, 1.54) is 5.56 Å². The number of benzene rings is 1. The predicted octanol–water partition coefficient (Wildman–Crippen LogP) is 2.86. The molecule has 0 radical (unpaired) electrons. The fraction of sp³-hybridized carbons (Fsp3) is 0.312. The SMILES string of the molecule is CC(N[C@H](CCO)c1ccccc1)c1cccnc1. The van der Waals surface area contributed by atoms with Crippen LogP contribution < -0.4 is 5.32 Å². The Morgan fingerprint density at radius 3 is 2.47 bits per heavy atom. The van der Waals surface area contributed by atoms with Gasteiger partial charge in [0, 0.05) is 31.1 Å². The van der Waals surface area contributed by atoms with E-state index in [9.17, 15) is 5.11 Å². The number of hydrogen-bond acceptors (Lipinski definition) is 3. The molecule has 0 spiro atoms. The van der Waals surface area contributed by atoms with Crippen molar-refractivity contribution < 1.29 is 5.11 Å². The molecule has 2 rings (SSSR count). The van der Waals surface area contributed by atoms with E-state index in [4.69, 9.17) is 0 Å². The van der Waals surface area contributed by atoms with Gasteiger partial charge in [-0.2, -0.15) is 0 Å². The maximum Gasteiger partial charge on any atom is 0.0449 e. The van der Waals surface area contributed by atoms with Crippen molar-refractivity contribution in [1.82, 2.24) is 10.3 Å². The zero-order valence-electron chi connectivity index (χ0n) is 11.2. The van der Waals surface area contributed by atoms with Crippen molar-refractivity contribution >= 4 is 0 Å². The first-order chi connectivity index (χ1) is 9.31. The van der Waals surface area contributed by atoms with Crippen LogP contribution >= 0.6 is 0 Å². The summed E-state index contributed by atoms with van der Waals surface area (Å²) in [5, 5.41) is 12.8. The Morgan fingerprint density at radius 1 is 1.11 bits per heavy atom. The van der Waals surface area contributed by atoms with Crippen LogP contribution in [0, 0.1) is 0 Å². The standard InChI is InChI=1S/C16H20N2O/c1-13(15-8-5-10-17-12-15)18-16(9-11-19)14-6-3-2-4-7-14/h2-8,10,12-13,16,18-19H,9,11H2,1H3/t13?,16-/m1/s1. The average molecular weight is 256 g/mol. The Bertz CT molecular complexity index is 473. The molecule has 0 fully saturated rings. The molecule has 0 saturated carbocycles. The van der Waals surface area contributed by atoms with Gasteiger partial charge in [-0.05, 0) is 30.5 Å². The van der Waals surface area contributed by atoms with Gasteiger partial charge in [0.25, 0.3) is 0 Å². The van der Waals surface area contributed by atoms with Crippen molar-refractivity contribution in [2.75, 3.05) is 6.61 Å². The molecule has 3 heteroatoms. The summed E-state index contributed by atoms with van der Waals surface area (Å²) in [7, 11) is 0. The quantitative estimate of drug-likeness (QED) is 0.835. The highest BCUT2D eigenvalue weighted by Crippen LogP contribution is 2.21. The van der Waals surface area contributed by atoms with E-state index in [0.29, 0.717) is 6.42 Å². The molecule has 0 amide bonds. The van der Waals surface area contributed by atoms with Crippen LogP contribution in [-0.4, -0.2) is 16.7 Å². The Labute approximate surface area is 114 Å². The van der Waals surface area contributed by atoms with Crippen LogP contribution in [0.3, 0.4) is 0 Å². The van der Waals surface area contributed by atoms with Gasteiger partial charge in [-0.3, -0.25) is 4.98 Å². The number of aliphatic hydroxyl groups is 1. The maximum absolute atomic E-state index is 9.23. The number of nitrogens with one attached hydrogen (secondary N) is 1. The number of pyridine rings is 1. The zero-order chi connectivity index (χ0) is 13.5. The molecule has 2 atom stereocenters. The largest absolute Gasteiger partial charge is 0.396 e. The lowest BCUT2D eigenvalue weighted by Gasteiger charge is -2.23. The van der Waals surface area contributed by atoms with Crippen molar-refractivity contribution in [2.45, 2.75) is 25.4 Å². The van der Waals surface area contributed by atoms with Crippen molar-refractivity contribution in [3.63, 3.8) is 0 Å². The van der Waals surface area contributed by atoms with E-state index in [0.717, 1.165) is 5.56 Å². The molecule has 0 bridgehead atoms. The van der Waals surface area contributed by atoms with Crippen molar-refractivity contribution in [2.24, 2.45) is 0 Å². The van der Waals surface area contributed by atoms with Gasteiger partial charge >= 0.3 is 0 Å². The van der Waals surface area contributed by atoms with Crippen LogP contribution in [0.5, 0.6) is 0 Å². The highest BCUT2D eigenvalue weighted by atomic mass is 16.3. The van der Waals surface area contributed by atoms with E-state index in [2.05, 4.69) is 35.4 Å². The van der Waals surface area contributed by atoms with Gasteiger partial charge in [-0.25, -0.2) is 0 Å². The molecule has 1 heterocycles. The third kappa shape index (κ3) is 3.88. The van der Waals surface area contributed by atoms with Gasteiger partial charge in [0.2, 0.25) is 0 Å². The molecule has 100 valence electrons. The van der Waals surface area contributed by atoms with E-state index in [1.54, 1.807) is 6.20 Å². The summed E-state index contributed by atoms with van der Waals surface area (Å²) in [6.45, 7) is 2.29. The van der Waals surface area contributed by atoms with Gasteiger partial charge in [0.1, 0.15) is 0 Å². The molecule has 0 aliphatic carbocycles. The highest BCUT2D eigenvalue weighted by molar-refractivity contribution is 5.20. The van der Waals surface area contributed by atoms with Gasteiger partial charge in [-0.15, -0.1) is 0 Å². The second-order valence-electron chi connectivity index (χ2n) is 4.65. The van der Waals surface area contributed by atoms with Gasteiger partial charge < -0.3 is 10.4 Å².